The minimum atomic E-state index is 0.169. The predicted molar refractivity (Wildman–Crippen MR) is 83.5 cm³/mol. The highest BCUT2D eigenvalue weighted by Gasteiger charge is 2.31. The molecule has 1 heterocycles. The number of nitrogens with zero attached hydrogens (tertiary/aromatic N) is 2. The van der Waals surface area contributed by atoms with Gasteiger partial charge in [0.2, 0.25) is 0 Å². The van der Waals surface area contributed by atoms with Crippen molar-refractivity contribution < 1.29 is 5.21 Å². The lowest BCUT2D eigenvalue weighted by atomic mass is 9.80. The molecule has 0 spiro atoms. The van der Waals surface area contributed by atoms with Gasteiger partial charge in [-0.3, -0.25) is 0 Å². The maximum atomic E-state index is 8.77. The van der Waals surface area contributed by atoms with Gasteiger partial charge in [-0.15, -0.1) is 0 Å². The number of rotatable bonds is 2. The number of aryl methyl sites for hydroxylation is 1. The highest BCUT2D eigenvalue weighted by atomic mass is 16.4. The zero-order chi connectivity index (χ0) is 14.9. The number of anilines is 1. The summed E-state index contributed by atoms with van der Waals surface area (Å²) in [7, 11) is 0. The average Bonchev–Trinajstić information content (AvgIpc) is 2.87. The van der Waals surface area contributed by atoms with Crippen LogP contribution in [-0.2, 0) is 0 Å². The van der Waals surface area contributed by atoms with E-state index in [-0.39, 0.29) is 5.84 Å². The molecule has 20 heavy (non-hydrogen) atoms. The van der Waals surface area contributed by atoms with Crippen LogP contribution in [0.2, 0.25) is 0 Å². The SMILES string of the molecule is Cc1cc(N2CCC(C(C)(C)C)C2)ccc1/C(N)=N/O. The van der Waals surface area contributed by atoms with E-state index in [2.05, 4.69) is 43.0 Å². The number of hydrogen-bond acceptors (Lipinski definition) is 3. The zero-order valence-electron chi connectivity index (χ0n) is 12.8. The molecule has 0 aromatic heterocycles. The first-order valence-corrected chi connectivity index (χ1v) is 7.16. The fraction of sp³-hybridized carbons (Fsp3) is 0.562. The van der Waals surface area contributed by atoms with Gasteiger partial charge in [-0.05, 0) is 48.4 Å². The van der Waals surface area contributed by atoms with Crippen molar-refractivity contribution in [2.24, 2.45) is 22.2 Å². The number of oxime groups is 1. The predicted octanol–water partition coefficient (Wildman–Crippen LogP) is 2.96. The Labute approximate surface area is 121 Å². The highest BCUT2D eigenvalue weighted by molar-refractivity contribution is 5.98. The summed E-state index contributed by atoms with van der Waals surface area (Å²) in [5.41, 5.74) is 9.08. The van der Waals surface area contributed by atoms with E-state index in [1.165, 1.54) is 12.1 Å². The minimum absolute atomic E-state index is 0.169. The monoisotopic (exact) mass is 275 g/mol. The van der Waals surface area contributed by atoms with E-state index in [0.29, 0.717) is 5.41 Å². The van der Waals surface area contributed by atoms with Crippen LogP contribution < -0.4 is 10.6 Å². The van der Waals surface area contributed by atoms with E-state index in [1.54, 1.807) is 0 Å². The summed E-state index contributed by atoms with van der Waals surface area (Å²) in [6, 6.07) is 6.12. The van der Waals surface area contributed by atoms with Gasteiger partial charge < -0.3 is 15.8 Å². The minimum Gasteiger partial charge on any atom is -0.409 e. The summed E-state index contributed by atoms with van der Waals surface area (Å²) in [6.45, 7) is 11.1. The first kappa shape index (κ1) is 14.7. The molecule has 2 rings (SSSR count). The van der Waals surface area contributed by atoms with E-state index in [0.717, 1.165) is 30.1 Å². The van der Waals surface area contributed by atoms with Gasteiger partial charge in [0.05, 0.1) is 0 Å². The van der Waals surface area contributed by atoms with E-state index in [9.17, 15) is 0 Å². The molecule has 0 saturated carbocycles. The smallest absolute Gasteiger partial charge is 0.170 e. The lowest BCUT2D eigenvalue weighted by Gasteiger charge is -2.27. The Hall–Kier alpha value is -1.71. The highest BCUT2D eigenvalue weighted by Crippen LogP contribution is 2.35. The average molecular weight is 275 g/mol. The molecule has 1 fully saturated rings. The fourth-order valence-corrected chi connectivity index (χ4v) is 2.89. The summed E-state index contributed by atoms with van der Waals surface area (Å²) in [4.78, 5) is 2.43. The summed E-state index contributed by atoms with van der Waals surface area (Å²) in [5, 5.41) is 11.8. The van der Waals surface area contributed by atoms with E-state index in [1.807, 2.05) is 13.0 Å². The maximum Gasteiger partial charge on any atom is 0.170 e. The van der Waals surface area contributed by atoms with Crippen LogP contribution in [0.5, 0.6) is 0 Å². The summed E-state index contributed by atoms with van der Waals surface area (Å²) in [6.07, 6.45) is 1.24. The maximum absolute atomic E-state index is 8.77. The third-order valence-electron chi connectivity index (χ3n) is 4.37. The molecule has 0 bridgehead atoms. The van der Waals surface area contributed by atoms with Gasteiger partial charge in [-0.25, -0.2) is 0 Å². The van der Waals surface area contributed by atoms with Crippen molar-refractivity contribution in [2.45, 2.75) is 34.1 Å². The van der Waals surface area contributed by atoms with Crippen LogP contribution in [0.4, 0.5) is 5.69 Å². The van der Waals surface area contributed by atoms with Gasteiger partial charge in [0.25, 0.3) is 0 Å². The Kier molecular flexibility index (Phi) is 3.93. The molecule has 4 nitrogen and oxygen atoms in total. The molecule has 1 atom stereocenters. The van der Waals surface area contributed by atoms with Crippen LogP contribution in [-0.4, -0.2) is 24.1 Å². The van der Waals surface area contributed by atoms with Crippen LogP contribution in [0, 0.1) is 18.3 Å². The van der Waals surface area contributed by atoms with Crippen molar-refractivity contribution in [1.82, 2.24) is 0 Å². The van der Waals surface area contributed by atoms with Crippen LogP contribution in [0.15, 0.2) is 23.4 Å². The molecular formula is C16H25N3O. The third-order valence-corrected chi connectivity index (χ3v) is 4.37. The van der Waals surface area contributed by atoms with Crippen molar-refractivity contribution in [2.75, 3.05) is 18.0 Å². The fourth-order valence-electron chi connectivity index (χ4n) is 2.89. The lowest BCUT2D eigenvalue weighted by Crippen LogP contribution is -2.26. The molecule has 1 aliphatic heterocycles. The quantitative estimate of drug-likeness (QED) is 0.377. The van der Waals surface area contributed by atoms with Crippen molar-refractivity contribution in [3.8, 4) is 0 Å². The number of hydrogen-bond donors (Lipinski definition) is 2. The molecule has 110 valence electrons. The molecule has 3 N–H and O–H groups in total. The van der Waals surface area contributed by atoms with Crippen LogP contribution in [0.25, 0.3) is 0 Å². The Morgan fingerprint density at radius 1 is 1.40 bits per heavy atom. The molecule has 1 aromatic carbocycles. The topological polar surface area (TPSA) is 61.8 Å². The van der Waals surface area contributed by atoms with Crippen molar-refractivity contribution in [3.63, 3.8) is 0 Å². The Morgan fingerprint density at radius 3 is 2.60 bits per heavy atom. The third kappa shape index (κ3) is 2.89. The van der Waals surface area contributed by atoms with Gasteiger partial charge in [0.15, 0.2) is 5.84 Å². The van der Waals surface area contributed by atoms with Crippen molar-refractivity contribution in [1.29, 1.82) is 0 Å². The summed E-state index contributed by atoms with van der Waals surface area (Å²) in [5.74, 6) is 0.898. The molecule has 0 aliphatic carbocycles. The Morgan fingerprint density at radius 2 is 2.10 bits per heavy atom. The first-order valence-electron chi connectivity index (χ1n) is 7.16. The summed E-state index contributed by atoms with van der Waals surface area (Å²) < 4.78 is 0. The molecule has 0 radical (unpaired) electrons. The number of amidine groups is 1. The van der Waals surface area contributed by atoms with Crippen LogP contribution in [0.3, 0.4) is 0 Å². The Bertz CT molecular complexity index is 517. The van der Waals surface area contributed by atoms with Crippen molar-refractivity contribution >= 4 is 11.5 Å². The number of nitrogens with two attached hydrogens (primary N) is 1. The largest absolute Gasteiger partial charge is 0.409 e. The van der Waals surface area contributed by atoms with Gasteiger partial charge >= 0.3 is 0 Å². The normalized spacial score (nSPS) is 20.5. The van der Waals surface area contributed by atoms with E-state index in [4.69, 9.17) is 10.9 Å². The van der Waals surface area contributed by atoms with Gasteiger partial charge in [-0.2, -0.15) is 0 Å². The molecule has 0 amide bonds. The molecule has 1 unspecified atom stereocenters. The molecular weight excluding hydrogens is 250 g/mol. The molecule has 1 aromatic rings. The second-order valence-corrected chi connectivity index (χ2v) is 6.78. The molecule has 4 heteroatoms. The second-order valence-electron chi connectivity index (χ2n) is 6.78. The first-order chi connectivity index (χ1) is 9.32. The molecule has 1 saturated heterocycles. The van der Waals surface area contributed by atoms with Gasteiger partial charge in [0.1, 0.15) is 0 Å². The van der Waals surface area contributed by atoms with Crippen molar-refractivity contribution in [3.05, 3.63) is 29.3 Å². The Balaban J connectivity index is 2.18. The van der Waals surface area contributed by atoms with E-state index >= 15 is 0 Å². The number of benzene rings is 1. The molecule has 1 aliphatic rings. The van der Waals surface area contributed by atoms with Crippen LogP contribution >= 0.6 is 0 Å². The van der Waals surface area contributed by atoms with Crippen LogP contribution in [0.1, 0.15) is 38.3 Å². The zero-order valence-corrected chi connectivity index (χ0v) is 12.8. The van der Waals surface area contributed by atoms with Gasteiger partial charge in [0, 0.05) is 24.3 Å². The van der Waals surface area contributed by atoms with E-state index < -0.39 is 0 Å². The standard InChI is InChI=1S/C16H25N3O/c1-11-9-13(5-6-14(11)15(17)18-20)19-8-7-12(10-19)16(2,3)4/h5-6,9,12,20H,7-8,10H2,1-4H3,(H2,17,18). The second kappa shape index (κ2) is 5.35. The van der Waals surface area contributed by atoms with Gasteiger partial charge in [-0.1, -0.05) is 25.9 Å². The lowest BCUT2D eigenvalue weighted by molar-refractivity contribution is 0.263. The summed E-state index contributed by atoms with van der Waals surface area (Å²) >= 11 is 0.